The van der Waals surface area contributed by atoms with E-state index >= 15 is 0 Å². The van der Waals surface area contributed by atoms with Crippen LogP contribution in [-0.2, 0) is 9.53 Å². The predicted molar refractivity (Wildman–Crippen MR) is 67.7 cm³/mol. The summed E-state index contributed by atoms with van der Waals surface area (Å²) in [6, 6.07) is 8.16. The quantitative estimate of drug-likeness (QED) is 0.580. The van der Waals surface area contributed by atoms with Gasteiger partial charge in [-0.15, -0.1) is 11.8 Å². The molecule has 0 heterocycles. The lowest BCUT2D eigenvalue weighted by atomic mass is 10.2. The Labute approximate surface area is 101 Å². The third-order valence-electron chi connectivity index (χ3n) is 2.11. The van der Waals surface area contributed by atoms with Crippen LogP contribution in [0.1, 0.15) is 25.8 Å². The zero-order chi connectivity index (χ0) is 12.0. The van der Waals surface area contributed by atoms with Crippen molar-refractivity contribution in [3.8, 4) is 0 Å². The zero-order valence-corrected chi connectivity index (χ0v) is 10.8. The molecule has 1 unspecified atom stereocenters. The first-order chi connectivity index (χ1) is 7.63. The van der Waals surface area contributed by atoms with Crippen LogP contribution in [0.3, 0.4) is 0 Å². The van der Waals surface area contributed by atoms with Crippen molar-refractivity contribution in [3.05, 3.63) is 29.8 Å². The molecular weight excluding hydrogens is 220 g/mol. The van der Waals surface area contributed by atoms with Gasteiger partial charge in [-0.1, -0.05) is 24.6 Å². The van der Waals surface area contributed by atoms with E-state index in [0.717, 1.165) is 11.3 Å². The van der Waals surface area contributed by atoms with E-state index in [1.165, 1.54) is 17.3 Å². The number of benzene rings is 1. The van der Waals surface area contributed by atoms with Crippen LogP contribution in [0.5, 0.6) is 0 Å². The number of carbonyl (C=O) groups excluding carboxylic acids is 1. The van der Waals surface area contributed by atoms with Crippen LogP contribution >= 0.6 is 11.8 Å². The summed E-state index contributed by atoms with van der Waals surface area (Å²) >= 11 is 1.54. The van der Waals surface area contributed by atoms with Gasteiger partial charge >= 0.3 is 5.97 Å². The van der Waals surface area contributed by atoms with Crippen molar-refractivity contribution < 1.29 is 9.53 Å². The molecule has 1 aromatic rings. The van der Waals surface area contributed by atoms with Crippen LogP contribution in [0.25, 0.3) is 0 Å². The average molecular weight is 238 g/mol. The average Bonchev–Trinajstić information content (AvgIpc) is 2.29. The highest BCUT2D eigenvalue weighted by Gasteiger charge is 2.15. The molecule has 0 bridgehead atoms. The molecule has 0 spiro atoms. The van der Waals surface area contributed by atoms with Gasteiger partial charge in [-0.05, 0) is 32.4 Å². The van der Waals surface area contributed by atoms with E-state index < -0.39 is 0 Å². The van der Waals surface area contributed by atoms with Crippen molar-refractivity contribution in [1.82, 2.24) is 0 Å². The summed E-state index contributed by atoms with van der Waals surface area (Å²) in [5.74, 6) is -0.132. The van der Waals surface area contributed by atoms with E-state index in [9.17, 15) is 4.79 Å². The summed E-state index contributed by atoms with van der Waals surface area (Å²) < 4.78 is 5.09. The van der Waals surface area contributed by atoms with Gasteiger partial charge in [0.2, 0.25) is 0 Å². The summed E-state index contributed by atoms with van der Waals surface area (Å²) in [4.78, 5) is 12.6. The van der Waals surface area contributed by atoms with Crippen molar-refractivity contribution in [2.24, 2.45) is 0 Å². The Morgan fingerprint density at radius 2 is 2.00 bits per heavy atom. The first kappa shape index (κ1) is 13.1. The molecule has 88 valence electrons. The van der Waals surface area contributed by atoms with Crippen molar-refractivity contribution in [2.45, 2.75) is 37.3 Å². The number of esters is 1. The maximum absolute atomic E-state index is 11.5. The van der Waals surface area contributed by atoms with Crippen molar-refractivity contribution in [1.29, 1.82) is 0 Å². The van der Waals surface area contributed by atoms with E-state index in [1.54, 1.807) is 0 Å². The highest BCUT2D eigenvalue weighted by molar-refractivity contribution is 8.00. The topological polar surface area (TPSA) is 26.3 Å². The Morgan fingerprint density at radius 1 is 1.38 bits per heavy atom. The van der Waals surface area contributed by atoms with E-state index in [4.69, 9.17) is 4.74 Å². The summed E-state index contributed by atoms with van der Waals surface area (Å²) in [5, 5.41) is -0.144. The molecule has 3 heteroatoms. The number of carbonyl (C=O) groups is 1. The molecule has 0 amide bonds. The minimum absolute atomic E-state index is 0.132. The summed E-state index contributed by atoms with van der Waals surface area (Å²) in [6.45, 7) is 6.43. The lowest BCUT2D eigenvalue weighted by Crippen LogP contribution is -2.17. The van der Waals surface area contributed by atoms with Crippen LogP contribution in [0.15, 0.2) is 29.2 Å². The molecule has 1 aromatic carbocycles. The van der Waals surface area contributed by atoms with Crippen molar-refractivity contribution >= 4 is 17.7 Å². The molecular formula is C13H18O2S. The summed E-state index contributed by atoms with van der Waals surface area (Å²) in [5.41, 5.74) is 1.23. The number of ether oxygens (including phenoxy) is 1. The molecule has 0 saturated heterocycles. The largest absolute Gasteiger partial charge is 0.465 e. The molecule has 0 fully saturated rings. The fourth-order valence-electron chi connectivity index (χ4n) is 1.19. The summed E-state index contributed by atoms with van der Waals surface area (Å²) in [6.07, 6.45) is 0.869. The number of aryl methyl sites for hydroxylation is 1. The monoisotopic (exact) mass is 238 g/mol. The molecule has 2 nitrogen and oxygen atoms in total. The highest BCUT2D eigenvalue weighted by atomic mass is 32.2. The van der Waals surface area contributed by atoms with E-state index in [0.29, 0.717) is 6.61 Å². The number of hydrogen-bond acceptors (Lipinski definition) is 3. The minimum Gasteiger partial charge on any atom is -0.465 e. The highest BCUT2D eigenvalue weighted by Crippen LogP contribution is 2.24. The number of thioether (sulfide) groups is 1. The molecule has 1 rings (SSSR count). The molecule has 16 heavy (non-hydrogen) atoms. The number of hydrogen-bond donors (Lipinski definition) is 0. The molecule has 1 atom stereocenters. The van der Waals surface area contributed by atoms with Gasteiger partial charge < -0.3 is 4.74 Å². The lowest BCUT2D eigenvalue weighted by molar-refractivity contribution is -0.142. The molecule has 0 aliphatic carbocycles. The second-order valence-electron chi connectivity index (χ2n) is 3.74. The van der Waals surface area contributed by atoms with Crippen LogP contribution in [-0.4, -0.2) is 17.8 Å². The van der Waals surface area contributed by atoms with Gasteiger partial charge in [0.25, 0.3) is 0 Å². The second-order valence-corrected chi connectivity index (χ2v) is 5.15. The molecule has 0 radical (unpaired) electrons. The first-order valence-corrected chi connectivity index (χ1v) is 6.41. The van der Waals surface area contributed by atoms with Crippen LogP contribution in [0, 0.1) is 6.92 Å². The Morgan fingerprint density at radius 3 is 2.56 bits per heavy atom. The van der Waals surface area contributed by atoms with E-state index in [1.807, 2.05) is 45.0 Å². The Kier molecular flexibility index (Phi) is 5.39. The first-order valence-electron chi connectivity index (χ1n) is 5.53. The van der Waals surface area contributed by atoms with Gasteiger partial charge in [0, 0.05) is 4.90 Å². The van der Waals surface area contributed by atoms with Gasteiger partial charge in [-0.25, -0.2) is 0 Å². The van der Waals surface area contributed by atoms with Crippen molar-refractivity contribution in [3.63, 3.8) is 0 Å². The normalized spacial score (nSPS) is 12.2. The second kappa shape index (κ2) is 6.59. The molecule has 0 saturated carbocycles. The zero-order valence-electron chi connectivity index (χ0n) is 10.0. The Bertz CT molecular complexity index is 332. The minimum atomic E-state index is -0.144. The predicted octanol–water partition coefficient (Wildman–Crippen LogP) is 3.43. The molecule has 0 aliphatic heterocycles. The molecule has 0 aliphatic rings. The standard InChI is InChI=1S/C13H18O2S/c1-4-9-15-13(14)11(3)16-12-7-5-10(2)6-8-12/h5-8,11H,4,9H2,1-3H3. The smallest absolute Gasteiger partial charge is 0.319 e. The molecule has 0 N–H and O–H groups in total. The van der Waals surface area contributed by atoms with Gasteiger partial charge in [-0.2, -0.15) is 0 Å². The van der Waals surface area contributed by atoms with Crippen molar-refractivity contribution in [2.75, 3.05) is 6.61 Å². The SMILES string of the molecule is CCCOC(=O)C(C)Sc1ccc(C)cc1. The number of rotatable bonds is 5. The Hall–Kier alpha value is -0.960. The van der Waals surface area contributed by atoms with Gasteiger partial charge in [0.05, 0.1) is 6.61 Å². The van der Waals surface area contributed by atoms with Gasteiger partial charge in [0.1, 0.15) is 5.25 Å². The summed E-state index contributed by atoms with van der Waals surface area (Å²) in [7, 11) is 0. The van der Waals surface area contributed by atoms with Crippen LogP contribution in [0.2, 0.25) is 0 Å². The molecule has 0 aromatic heterocycles. The van der Waals surface area contributed by atoms with Crippen LogP contribution < -0.4 is 0 Å². The van der Waals surface area contributed by atoms with Crippen LogP contribution in [0.4, 0.5) is 0 Å². The van der Waals surface area contributed by atoms with E-state index in [-0.39, 0.29) is 11.2 Å². The van der Waals surface area contributed by atoms with Gasteiger partial charge in [-0.3, -0.25) is 4.79 Å². The lowest BCUT2D eigenvalue weighted by Gasteiger charge is -2.10. The maximum atomic E-state index is 11.5. The Balaban J connectivity index is 2.47. The third-order valence-corrected chi connectivity index (χ3v) is 3.20. The third kappa shape index (κ3) is 4.27. The maximum Gasteiger partial charge on any atom is 0.319 e. The van der Waals surface area contributed by atoms with E-state index in [2.05, 4.69) is 0 Å². The fourth-order valence-corrected chi connectivity index (χ4v) is 2.05. The fraction of sp³-hybridized carbons (Fsp3) is 0.462. The van der Waals surface area contributed by atoms with Gasteiger partial charge in [0.15, 0.2) is 0 Å².